The maximum absolute atomic E-state index is 12.6. The van der Waals surface area contributed by atoms with Crippen LogP contribution in [0.2, 0.25) is 0 Å². The van der Waals surface area contributed by atoms with Gasteiger partial charge in [-0.1, -0.05) is 24.3 Å². The number of thiazole rings is 1. The van der Waals surface area contributed by atoms with Crippen LogP contribution in [-0.2, 0) is 25.8 Å². The van der Waals surface area contributed by atoms with E-state index in [1.807, 2.05) is 0 Å². The van der Waals surface area contributed by atoms with Crippen LogP contribution in [-0.4, -0.2) is 36.0 Å². The van der Waals surface area contributed by atoms with Crippen LogP contribution in [0.1, 0.15) is 34.7 Å². The van der Waals surface area contributed by atoms with Crippen molar-refractivity contribution in [2.24, 2.45) is 4.99 Å². The Morgan fingerprint density at radius 3 is 2.36 bits per heavy atom. The van der Waals surface area contributed by atoms with Gasteiger partial charge in [0.25, 0.3) is 0 Å². The summed E-state index contributed by atoms with van der Waals surface area (Å²) in [5.74, 6) is 0.518. The molecule has 3 rings (SSSR count). The molecule has 2 N–H and O–H groups in total. The maximum atomic E-state index is 12.6. The number of halogens is 3. The molecule has 1 saturated heterocycles. The van der Waals surface area contributed by atoms with E-state index in [2.05, 4.69) is 49.8 Å². The third kappa shape index (κ3) is 5.93. The van der Waals surface area contributed by atoms with Gasteiger partial charge in [-0.3, -0.25) is 9.89 Å². The van der Waals surface area contributed by atoms with E-state index in [4.69, 9.17) is 0 Å². The fourth-order valence-electron chi connectivity index (χ4n) is 3.05. The predicted molar refractivity (Wildman–Crippen MR) is 105 cm³/mol. The lowest BCUT2D eigenvalue weighted by Gasteiger charge is -2.15. The summed E-state index contributed by atoms with van der Waals surface area (Å²) in [6.45, 7) is 4.11. The highest BCUT2D eigenvalue weighted by atomic mass is 32.1. The fourth-order valence-corrected chi connectivity index (χ4v) is 3.79. The first kappa shape index (κ1) is 20.6. The molecular formula is C19H24F3N5S. The number of aromatic nitrogens is 1. The average molecular weight is 411 g/mol. The quantitative estimate of drug-likeness (QED) is 0.563. The molecule has 0 bridgehead atoms. The summed E-state index contributed by atoms with van der Waals surface area (Å²) >= 11 is 0.977. The van der Waals surface area contributed by atoms with Gasteiger partial charge in [-0.25, -0.2) is 4.98 Å². The van der Waals surface area contributed by atoms with Crippen LogP contribution in [0.15, 0.2) is 34.6 Å². The highest BCUT2D eigenvalue weighted by molar-refractivity contribution is 7.09. The molecule has 0 amide bonds. The summed E-state index contributed by atoms with van der Waals surface area (Å²) in [6, 6.07) is 8.45. The molecule has 1 aliphatic heterocycles. The zero-order valence-electron chi connectivity index (χ0n) is 15.7. The van der Waals surface area contributed by atoms with Crippen LogP contribution < -0.4 is 10.6 Å². The van der Waals surface area contributed by atoms with Gasteiger partial charge in [-0.05, 0) is 37.1 Å². The standard InChI is InChI=1S/C19H24F3N5S/c1-23-18(25-11-17-26-16(13-28-17)19(20,21)22)24-10-14-4-6-15(7-5-14)12-27-8-2-3-9-27/h4-7,13H,2-3,8-12H2,1H3,(H2,23,24,25). The number of guanidine groups is 1. The van der Waals surface area contributed by atoms with Crippen LogP contribution in [0.3, 0.4) is 0 Å². The van der Waals surface area contributed by atoms with Gasteiger partial charge in [-0.2, -0.15) is 13.2 Å². The van der Waals surface area contributed by atoms with E-state index in [-0.39, 0.29) is 6.54 Å². The first-order valence-corrected chi connectivity index (χ1v) is 10.1. The molecule has 0 atom stereocenters. The minimum Gasteiger partial charge on any atom is -0.352 e. The van der Waals surface area contributed by atoms with Gasteiger partial charge in [0.05, 0.1) is 6.54 Å². The topological polar surface area (TPSA) is 52.6 Å². The smallest absolute Gasteiger partial charge is 0.352 e. The molecule has 28 heavy (non-hydrogen) atoms. The van der Waals surface area contributed by atoms with E-state index in [0.29, 0.717) is 17.5 Å². The van der Waals surface area contributed by atoms with Crippen molar-refractivity contribution in [2.75, 3.05) is 20.1 Å². The number of likely N-dealkylation sites (tertiary alicyclic amines) is 1. The molecule has 152 valence electrons. The number of hydrogen-bond acceptors (Lipinski definition) is 4. The highest BCUT2D eigenvalue weighted by Crippen LogP contribution is 2.29. The lowest BCUT2D eigenvalue weighted by molar-refractivity contribution is -0.140. The summed E-state index contributed by atoms with van der Waals surface area (Å²) < 4.78 is 37.8. The van der Waals surface area contributed by atoms with Crippen molar-refractivity contribution in [3.63, 3.8) is 0 Å². The lowest BCUT2D eigenvalue weighted by Crippen LogP contribution is -2.36. The third-order valence-electron chi connectivity index (χ3n) is 4.56. The van der Waals surface area contributed by atoms with Gasteiger partial charge in [0, 0.05) is 25.5 Å². The summed E-state index contributed by atoms with van der Waals surface area (Å²) in [6.07, 6.45) is -1.84. The Labute approximate surface area is 166 Å². The van der Waals surface area contributed by atoms with Crippen molar-refractivity contribution in [3.05, 3.63) is 51.5 Å². The summed E-state index contributed by atoms with van der Waals surface area (Å²) in [4.78, 5) is 10.2. The number of hydrogen-bond donors (Lipinski definition) is 2. The number of nitrogens with zero attached hydrogens (tertiary/aromatic N) is 3. The van der Waals surface area contributed by atoms with E-state index in [1.165, 1.54) is 31.5 Å². The second-order valence-electron chi connectivity index (χ2n) is 6.70. The van der Waals surface area contributed by atoms with Crippen molar-refractivity contribution in [1.82, 2.24) is 20.5 Å². The molecule has 2 heterocycles. The van der Waals surface area contributed by atoms with Gasteiger partial charge in [0.2, 0.25) is 0 Å². The first-order valence-electron chi connectivity index (χ1n) is 9.20. The monoisotopic (exact) mass is 411 g/mol. The highest BCUT2D eigenvalue weighted by Gasteiger charge is 2.33. The minimum absolute atomic E-state index is 0.190. The molecule has 0 spiro atoms. The molecule has 1 fully saturated rings. The Morgan fingerprint density at radius 1 is 1.11 bits per heavy atom. The summed E-state index contributed by atoms with van der Waals surface area (Å²) in [5.41, 5.74) is 1.56. The van der Waals surface area contributed by atoms with Crippen molar-refractivity contribution in [2.45, 2.75) is 38.7 Å². The maximum Gasteiger partial charge on any atom is 0.434 e. The Kier molecular flexibility index (Phi) is 6.90. The second kappa shape index (κ2) is 9.38. The number of benzene rings is 1. The Bertz CT molecular complexity index is 780. The molecule has 0 radical (unpaired) electrons. The van der Waals surface area contributed by atoms with Crippen LogP contribution in [0.4, 0.5) is 13.2 Å². The van der Waals surface area contributed by atoms with Crippen LogP contribution in [0.5, 0.6) is 0 Å². The molecule has 0 unspecified atom stereocenters. The second-order valence-corrected chi connectivity index (χ2v) is 7.65. The normalized spacial score (nSPS) is 15.8. The van der Waals surface area contributed by atoms with Gasteiger partial charge in [0.1, 0.15) is 5.01 Å². The summed E-state index contributed by atoms with van der Waals surface area (Å²) in [5, 5.41) is 7.55. The van der Waals surface area contributed by atoms with Gasteiger partial charge < -0.3 is 10.6 Å². The lowest BCUT2D eigenvalue weighted by atomic mass is 10.1. The molecule has 5 nitrogen and oxygen atoms in total. The molecule has 0 aliphatic carbocycles. The van der Waals surface area contributed by atoms with Crippen molar-refractivity contribution in [1.29, 1.82) is 0 Å². The predicted octanol–water partition coefficient (Wildman–Crippen LogP) is 3.62. The van der Waals surface area contributed by atoms with Crippen molar-refractivity contribution >= 4 is 17.3 Å². The molecule has 1 aromatic carbocycles. The number of rotatable bonds is 6. The van der Waals surface area contributed by atoms with Crippen LogP contribution in [0.25, 0.3) is 0 Å². The van der Waals surface area contributed by atoms with Crippen molar-refractivity contribution < 1.29 is 13.2 Å². The third-order valence-corrected chi connectivity index (χ3v) is 5.41. The van der Waals surface area contributed by atoms with Crippen molar-refractivity contribution in [3.8, 4) is 0 Å². The molecule has 0 saturated carbocycles. The molecule has 2 aromatic rings. The number of alkyl halides is 3. The van der Waals surface area contributed by atoms with E-state index >= 15 is 0 Å². The molecule has 9 heteroatoms. The zero-order chi connectivity index (χ0) is 20.0. The Balaban J connectivity index is 1.45. The molecular weight excluding hydrogens is 387 g/mol. The Morgan fingerprint density at radius 2 is 1.75 bits per heavy atom. The zero-order valence-corrected chi connectivity index (χ0v) is 16.5. The largest absolute Gasteiger partial charge is 0.434 e. The molecule has 1 aromatic heterocycles. The van der Waals surface area contributed by atoms with Crippen LogP contribution in [0, 0.1) is 0 Å². The average Bonchev–Trinajstić information content (AvgIpc) is 3.35. The van der Waals surface area contributed by atoms with E-state index in [1.54, 1.807) is 7.05 Å². The van der Waals surface area contributed by atoms with Crippen LogP contribution >= 0.6 is 11.3 Å². The number of aliphatic imine (C=N–C) groups is 1. The Hall–Kier alpha value is -2.13. The first-order chi connectivity index (χ1) is 13.4. The minimum atomic E-state index is -4.41. The van der Waals surface area contributed by atoms with Gasteiger partial charge >= 0.3 is 6.18 Å². The van der Waals surface area contributed by atoms with E-state index in [0.717, 1.165) is 28.8 Å². The SMILES string of the molecule is CN=C(NCc1ccc(CN2CCCC2)cc1)NCc1nc(C(F)(F)F)cs1. The van der Waals surface area contributed by atoms with E-state index in [9.17, 15) is 13.2 Å². The van der Waals surface area contributed by atoms with Gasteiger partial charge in [0.15, 0.2) is 11.7 Å². The van der Waals surface area contributed by atoms with E-state index < -0.39 is 11.9 Å². The fraction of sp³-hybridized carbons (Fsp3) is 0.474. The number of nitrogens with one attached hydrogen (secondary N) is 2. The summed E-state index contributed by atoms with van der Waals surface area (Å²) in [7, 11) is 1.62. The van der Waals surface area contributed by atoms with Gasteiger partial charge in [-0.15, -0.1) is 11.3 Å². The molecule has 1 aliphatic rings.